The molecule has 0 aliphatic rings. The molecule has 0 radical (unpaired) electrons. The number of nitrogens with zero attached hydrogens (tertiary/aromatic N) is 2. The number of carbonyl (C=O) groups is 2. The number of pyridine rings is 2. The van der Waals surface area contributed by atoms with Crippen LogP contribution in [-0.2, 0) is 4.79 Å². The predicted molar refractivity (Wildman–Crippen MR) is 127 cm³/mol. The van der Waals surface area contributed by atoms with Crippen molar-refractivity contribution < 1.29 is 19.9 Å². The van der Waals surface area contributed by atoms with Crippen molar-refractivity contribution in [3.8, 4) is 5.75 Å². The van der Waals surface area contributed by atoms with Crippen LogP contribution in [0.4, 0.5) is 0 Å². The van der Waals surface area contributed by atoms with Crippen molar-refractivity contribution in [1.29, 1.82) is 0 Å². The summed E-state index contributed by atoms with van der Waals surface area (Å²) in [5.41, 5.74) is 3.35. The van der Waals surface area contributed by atoms with E-state index < -0.39 is 11.8 Å². The third kappa shape index (κ3) is 7.11. The Kier molecular flexibility index (Phi) is 9.54. The Morgan fingerprint density at radius 1 is 0.853 bits per heavy atom. The number of aromatic nitrogens is 2. The molecule has 2 aromatic heterocycles. The monoisotopic (exact) mass is 462 g/mol. The molecule has 0 bridgehead atoms. The molecular formula is C26H30N4O4. The Balaban J connectivity index is 1.82. The van der Waals surface area contributed by atoms with Gasteiger partial charge in [0, 0.05) is 30.4 Å². The van der Waals surface area contributed by atoms with Crippen LogP contribution in [0.15, 0.2) is 73.1 Å². The van der Waals surface area contributed by atoms with Crippen molar-refractivity contribution in [1.82, 2.24) is 20.8 Å². The minimum atomic E-state index is -0.449. The van der Waals surface area contributed by atoms with Crippen LogP contribution in [-0.4, -0.2) is 38.1 Å². The Morgan fingerprint density at radius 3 is 2.29 bits per heavy atom. The van der Waals surface area contributed by atoms with Gasteiger partial charge in [-0.3, -0.25) is 24.8 Å². The van der Waals surface area contributed by atoms with Gasteiger partial charge in [0.1, 0.15) is 5.75 Å². The SMILES string of the molecule is O=C(CCCCCCC(NC(=O)c1ccccc1)C(c1ccccn1)c1ncccc1O)NO. The highest BCUT2D eigenvalue weighted by atomic mass is 16.5. The summed E-state index contributed by atoms with van der Waals surface area (Å²) in [7, 11) is 0. The number of hydrogen-bond donors (Lipinski definition) is 4. The highest BCUT2D eigenvalue weighted by molar-refractivity contribution is 5.94. The lowest BCUT2D eigenvalue weighted by atomic mass is 9.87. The molecule has 2 unspecified atom stereocenters. The molecule has 4 N–H and O–H groups in total. The highest BCUT2D eigenvalue weighted by Crippen LogP contribution is 2.33. The smallest absolute Gasteiger partial charge is 0.251 e. The van der Waals surface area contributed by atoms with E-state index in [1.54, 1.807) is 42.1 Å². The van der Waals surface area contributed by atoms with Crippen molar-refractivity contribution in [2.45, 2.75) is 50.5 Å². The van der Waals surface area contributed by atoms with Crippen LogP contribution in [0.3, 0.4) is 0 Å². The fourth-order valence-electron chi connectivity index (χ4n) is 3.97. The van der Waals surface area contributed by atoms with Crippen LogP contribution >= 0.6 is 0 Å². The fraction of sp³-hybridized carbons (Fsp3) is 0.308. The van der Waals surface area contributed by atoms with Crippen LogP contribution in [0.2, 0.25) is 0 Å². The molecule has 178 valence electrons. The maximum Gasteiger partial charge on any atom is 0.251 e. The number of nitrogens with one attached hydrogen (secondary N) is 2. The second-order valence-electron chi connectivity index (χ2n) is 8.07. The molecule has 2 amide bonds. The summed E-state index contributed by atoms with van der Waals surface area (Å²) in [5, 5.41) is 22.4. The van der Waals surface area contributed by atoms with Gasteiger partial charge in [-0.15, -0.1) is 0 Å². The number of rotatable bonds is 12. The van der Waals surface area contributed by atoms with Gasteiger partial charge in [-0.1, -0.05) is 43.5 Å². The maximum absolute atomic E-state index is 13.1. The molecule has 0 aliphatic heterocycles. The normalized spacial score (nSPS) is 12.5. The minimum Gasteiger partial charge on any atom is -0.506 e. The molecule has 8 nitrogen and oxygen atoms in total. The van der Waals surface area contributed by atoms with Crippen LogP contribution < -0.4 is 10.8 Å². The first kappa shape index (κ1) is 24.9. The topological polar surface area (TPSA) is 124 Å². The molecule has 2 heterocycles. The van der Waals surface area contributed by atoms with Crippen molar-refractivity contribution in [2.75, 3.05) is 0 Å². The van der Waals surface area contributed by atoms with Crippen molar-refractivity contribution >= 4 is 11.8 Å². The molecule has 3 aromatic rings. The minimum absolute atomic E-state index is 0.0483. The van der Waals surface area contributed by atoms with Gasteiger partial charge < -0.3 is 10.4 Å². The summed E-state index contributed by atoms with van der Waals surface area (Å²) >= 11 is 0. The first-order valence-corrected chi connectivity index (χ1v) is 11.4. The van der Waals surface area contributed by atoms with Gasteiger partial charge in [0.25, 0.3) is 5.91 Å². The molecular weight excluding hydrogens is 432 g/mol. The first-order chi connectivity index (χ1) is 16.6. The first-order valence-electron chi connectivity index (χ1n) is 11.4. The third-order valence-electron chi connectivity index (χ3n) is 5.67. The van der Waals surface area contributed by atoms with E-state index in [1.165, 1.54) is 0 Å². The molecule has 1 aromatic carbocycles. The lowest BCUT2D eigenvalue weighted by molar-refractivity contribution is -0.129. The number of unbranched alkanes of at least 4 members (excludes halogenated alkanes) is 3. The molecule has 3 rings (SSSR count). The van der Waals surface area contributed by atoms with Crippen LogP contribution in [0.25, 0.3) is 0 Å². The molecule has 8 heteroatoms. The van der Waals surface area contributed by atoms with Crippen LogP contribution in [0, 0.1) is 0 Å². The van der Waals surface area contributed by atoms with E-state index in [9.17, 15) is 14.7 Å². The molecule has 34 heavy (non-hydrogen) atoms. The molecule has 0 saturated heterocycles. The zero-order valence-electron chi connectivity index (χ0n) is 18.9. The van der Waals surface area contributed by atoms with Gasteiger partial charge in [-0.2, -0.15) is 0 Å². The van der Waals surface area contributed by atoms with Gasteiger partial charge in [0.2, 0.25) is 5.91 Å². The Hall–Kier alpha value is -3.78. The quantitative estimate of drug-likeness (QED) is 0.183. The van der Waals surface area contributed by atoms with Crippen molar-refractivity contribution in [2.24, 2.45) is 0 Å². The van der Waals surface area contributed by atoms with Gasteiger partial charge >= 0.3 is 0 Å². The molecule has 0 saturated carbocycles. The lowest BCUT2D eigenvalue weighted by Crippen LogP contribution is -2.40. The number of hydroxylamine groups is 1. The molecule has 0 spiro atoms. The van der Waals surface area contributed by atoms with Gasteiger partial charge in [-0.05, 0) is 49.2 Å². The average molecular weight is 463 g/mol. The largest absolute Gasteiger partial charge is 0.506 e. The van der Waals surface area contributed by atoms with Crippen molar-refractivity contribution in [3.63, 3.8) is 0 Å². The van der Waals surface area contributed by atoms with Crippen LogP contribution in [0.5, 0.6) is 5.75 Å². The second kappa shape index (κ2) is 13.1. The second-order valence-corrected chi connectivity index (χ2v) is 8.07. The van der Waals surface area contributed by atoms with E-state index >= 15 is 0 Å². The summed E-state index contributed by atoms with van der Waals surface area (Å²) in [6.45, 7) is 0. The summed E-state index contributed by atoms with van der Waals surface area (Å²) in [6.07, 6.45) is 7.31. The highest BCUT2D eigenvalue weighted by Gasteiger charge is 2.30. The zero-order valence-corrected chi connectivity index (χ0v) is 18.9. The van der Waals surface area contributed by atoms with Gasteiger partial charge in [-0.25, -0.2) is 5.48 Å². The zero-order chi connectivity index (χ0) is 24.2. The van der Waals surface area contributed by atoms with E-state index in [1.807, 2.05) is 36.4 Å². The van der Waals surface area contributed by atoms with Gasteiger partial charge in [0.15, 0.2) is 0 Å². The summed E-state index contributed by atoms with van der Waals surface area (Å²) in [4.78, 5) is 33.2. The predicted octanol–water partition coefficient (Wildman–Crippen LogP) is 3.96. The Labute approximate surface area is 199 Å². The average Bonchev–Trinajstić information content (AvgIpc) is 2.88. The Bertz CT molecular complexity index is 1050. The van der Waals surface area contributed by atoms with E-state index in [0.29, 0.717) is 29.8 Å². The van der Waals surface area contributed by atoms with Gasteiger partial charge in [0.05, 0.1) is 17.3 Å². The number of benzene rings is 1. The fourth-order valence-corrected chi connectivity index (χ4v) is 3.97. The number of amides is 2. The van der Waals surface area contributed by atoms with Crippen LogP contribution in [0.1, 0.15) is 66.2 Å². The number of aromatic hydroxyl groups is 1. The summed E-state index contributed by atoms with van der Waals surface area (Å²) in [5.74, 6) is -1.00. The number of hydrogen-bond acceptors (Lipinski definition) is 6. The third-order valence-corrected chi connectivity index (χ3v) is 5.67. The van der Waals surface area contributed by atoms with E-state index in [-0.39, 0.29) is 24.1 Å². The van der Waals surface area contributed by atoms with E-state index in [0.717, 1.165) is 19.3 Å². The molecule has 0 fully saturated rings. The number of carbonyl (C=O) groups excluding carboxylic acids is 2. The lowest BCUT2D eigenvalue weighted by Gasteiger charge is -2.28. The standard InChI is InChI=1S/C26H30N4O4/c31-22-15-10-18-28-25(22)24(20-13-8-9-17-27-20)21(14-6-1-2-7-16-23(32)30-34)29-26(33)19-11-4-3-5-12-19/h3-5,8-13,15,17-18,21,24,31,34H,1-2,6-7,14,16H2,(H,29,33)(H,30,32). The molecule has 0 aliphatic carbocycles. The Morgan fingerprint density at radius 2 is 1.59 bits per heavy atom. The van der Waals surface area contributed by atoms with E-state index in [2.05, 4.69) is 15.3 Å². The summed E-state index contributed by atoms with van der Waals surface area (Å²) in [6, 6.07) is 17.4. The van der Waals surface area contributed by atoms with Crippen molar-refractivity contribution in [3.05, 3.63) is 90.0 Å². The summed E-state index contributed by atoms with van der Waals surface area (Å²) < 4.78 is 0. The molecule has 2 atom stereocenters. The van der Waals surface area contributed by atoms with E-state index in [4.69, 9.17) is 5.21 Å². The maximum atomic E-state index is 13.1.